The van der Waals surface area contributed by atoms with Crippen molar-refractivity contribution in [3.63, 3.8) is 0 Å². The number of aliphatic hydroxyl groups excluding tert-OH is 1. The van der Waals surface area contributed by atoms with Crippen molar-refractivity contribution in [3.8, 4) is 6.07 Å². The average Bonchev–Trinajstić information content (AvgIpc) is 2.59. The zero-order valence-electron chi connectivity index (χ0n) is 9.19. The summed E-state index contributed by atoms with van der Waals surface area (Å²) in [6.45, 7) is 2.66. The monoisotopic (exact) mass is 213 g/mol. The lowest BCUT2D eigenvalue weighted by molar-refractivity contribution is -0.0448. The highest BCUT2D eigenvalue weighted by atomic mass is 16.6. The second-order valence-corrected chi connectivity index (χ2v) is 3.93. The van der Waals surface area contributed by atoms with Gasteiger partial charge in [0.1, 0.15) is 6.10 Å². The molecular weight excluding hydrogens is 194 g/mol. The summed E-state index contributed by atoms with van der Waals surface area (Å²) in [7, 11) is 0. The van der Waals surface area contributed by atoms with E-state index in [1.807, 2.05) is 6.92 Å². The van der Waals surface area contributed by atoms with E-state index in [2.05, 4.69) is 6.07 Å². The molecule has 86 valence electrons. The third kappa shape index (κ3) is 4.17. The number of hydrogen-bond donors (Lipinski definition) is 1. The van der Waals surface area contributed by atoms with Crippen molar-refractivity contribution < 1.29 is 14.6 Å². The van der Waals surface area contributed by atoms with E-state index in [1.165, 1.54) is 0 Å². The SMILES string of the molecule is C[C@H]1CC(OCCCCC#N)[C@@H](CO)O1. The van der Waals surface area contributed by atoms with Crippen LogP contribution in [0.5, 0.6) is 0 Å². The first-order valence-electron chi connectivity index (χ1n) is 5.52. The van der Waals surface area contributed by atoms with E-state index in [1.54, 1.807) is 0 Å². The largest absolute Gasteiger partial charge is 0.394 e. The van der Waals surface area contributed by atoms with E-state index in [0.717, 1.165) is 19.3 Å². The highest BCUT2D eigenvalue weighted by Gasteiger charge is 2.32. The van der Waals surface area contributed by atoms with Gasteiger partial charge in [-0.2, -0.15) is 5.26 Å². The van der Waals surface area contributed by atoms with Crippen LogP contribution in [0.25, 0.3) is 0 Å². The van der Waals surface area contributed by atoms with Crippen LogP contribution in [-0.2, 0) is 9.47 Å². The Morgan fingerprint density at radius 1 is 1.53 bits per heavy atom. The Labute approximate surface area is 90.8 Å². The van der Waals surface area contributed by atoms with Crippen LogP contribution in [0.1, 0.15) is 32.6 Å². The first kappa shape index (κ1) is 12.4. The minimum atomic E-state index is -0.170. The Morgan fingerprint density at radius 2 is 2.33 bits per heavy atom. The number of unbranched alkanes of at least 4 members (excludes halogenated alkanes) is 2. The van der Waals surface area contributed by atoms with Gasteiger partial charge >= 0.3 is 0 Å². The molecular formula is C11H19NO3. The minimum absolute atomic E-state index is 0.0204. The first-order chi connectivity index (χ1) is 7.27. The lowest BCUT2D eigenvalue weighted by atomic mass is 10.1. The minimum Gasteiger partial charge on any atom is -0.394 e. The van der Waals surface area contributed by atoms with Crippen LogP contribution in [0.3, 0.4) is 0 Å². The molecule has 1 aliphatic rings. The lowest BCUT2D eigenvalue weighted by Crippen LogP contribution is -2.28. The molecule has 1 aliphatic heterocycles. The molecule has 4 heteroatoms. The molecule has 1 fully saturated rings. The van der Waals surface area contributed by atoms with E-state index in [4.69, 9.17) is 19.8 Å². The first-order valence-corrected chi connectivity index (χ1v) is 5.52. The van der Waals surface area contributed by atoms with Gasteiger partial charge in [-0.25, -0.2) is 0 Å². The summed E-state index contributed by atoms with van der Waals surface area (Å²) in [5, 5.41) is 17.4. The molecule has 0 amide bonds. The van der Waals surface area contributed by atoms with Gasteiger partial charge in [-0.1, -0.05) is 0 Å². The van der Waals surface area contributed by atoms with Crippen LogP contribution in [0.4, 0.5) is 0 Å². The van der Waals surface area contributed by atoms with Gasteiger partial charge in [0.15, 0.2) is 0 Å². The molecule has 1 rings (SSSR count). The standard InChI is InChI=1S/C11H19NO3/c1-9-7-10(11(8-13)15-9)14-6-4-2-3-5-12/h9-11,13H,2-4,6-8H2,1H3/t9-,10?,11+/m0/s1. The predicted molar refractivity (Wildman–Crippen MR) is 55.2 cm³/mol. The third-order valence-electron chi connectivity index (χ3n) is 2.58. The molecule has 0 aromatic heterocycles. The van der Waals surface area contributed by atoms with Crippen LogP contribution in [-0.4, -0.2) is 36.6 Å². The highest BCUT2D eigenvalue weighted by Crippen LogP contribution is 2.22. The van der Waals surface area contributed by atoms with Crippen molar-refractivity contribution in [2.45, 2.75) is 50.9 Å². The summed E-state index contributed by atoms with van der Waals surface area (Å²) in [4.78, 5) is 0. The summed E-state index contributed by atoms with van der Waals surface area (Å²) in [6, 6.07) is 2.10. The van der Waals surface area contributed by atoms with Crippen molar-refractivity contribution in [2.24, 2.45) is 0 Å². The number of rotatable bonds is 6. The normalized spacial score (nSPS) is 30.3. The van der Waals surface area contributed by atoms with E-state index < -0.39 is 0 Å². The van der Waals surface area contributed by atoms with Crippen LogP contribution >= 0.6 is 0 Å². The Kier molecular flexibility index (Phi) is 5.62. The van der Waals surface area contributed by atoms with Gasteiger partial charge in [-0.05, 0) is 19.8 Å². The molecule has 1 saturated heterocycles. The molecule has 0 aliphatic carbocycles. The fraction of sp³-hybridized carbons (Fsp3) is 0.909. The van der Waals surface area contributed by atoms with Crippen LogP contribution in [0.2, 0.25) is 0 Å². The maximum absolute atomic E-state index is 9.05. The molecule has 1 N–H and O–H groups in total. The van der Waals surface area contributed by atoms with Crippen LogP contribution in [0.15, 0.2) is 0 Å². The molecule has 0 aromatic rings. The van der Waals surface area contributed by atoms with Crippen LogP contribution in [0, 0.1) is 11.3 Å². The quantitative estimate of drug-likeness (QED) is 0.674. The predicted octanol–water partition coefficient (Wildman–Crippen LogP) is 1.24. The lowest BCUT2D eigenvalue weighted by Gasteiger charge is -2.16. The Morgan fingerprint density at radius 3 is 3.00 bits per heavy atom. The van der Waals surface area contributed by atoms with E-state index in [-0.39, 0.29) is 24.9 Å². The molecule has 15 heavy (non-hydrogen) atoms. The highest BCUT2D eigenvalue weighted by molar-refractivity contribution is 4.80. The number of nitriles is 1. The molecule has 0 aromatic carbocycles. The molecule has 4 nitrogen and oxygen atoms in total. The molecule has 3 atom stereocenters. The maximum Gasteiger partial charge on any atom is 0.107 e. The Bertz CT molecular complexity index is 214. The van der Waals surface area contributed by atoms with Crippen molar-refractivity contribution in [1.29, 1.82) is 5.26 Å². The summed E-state index contributed by atoms with van der Waals surface area (Å²) < 4.78 is 11.1. The fourth-order valence-corrected chi connectivity index (χ4v) is 1.80. The molecule has 1 heterocycles. The molecule has 0 radical (unpaired) electrons. The van der Waals surface area contributed by atoms with Gasteiger partial charge in [-0.3, -0.25) is 0 Å². The van der Waals surface area contributed by atoms with E-state index in [0.29, 0.717) is 13.0 Å². The average molecular weight is 213 g/mol. The van der Waals surface area contributed by atoms with Gasteiger partial charge in [0.2, 0.25) is 0 Å². The van der Waals surface area contributed by atoms with Crippen LogP contribution < -0.4 is 0 Å². The maximum atomic E-state index is 9.05. The molecule has 1 unspecified atom stereocenters. The summed E-state index contributed by atoms with van der Waals surface area (Å²) in [6.07, 6.45) is 3.24. The Balaban J connectivity index is 2.12. The van der Waals surface area contributed by atoms with Gasteiger partial charge in [0.25, 0.3) is 0 Å². The second kappa shape index (κ2) is 6.78. The van der Waals surface area contributed by atoms with Crippen molar-refractivity contribution in [3.05, 3.63) is 0 Å². The number of nitrogens with zero attached hydrogens (tertiary/aromatic N) is 1. The second-order valence-electron chi connectivity index (χ2n) is 3.93. The van der Waals surface area contributed by atoms with Gasteiger partial charge in [-0.15, -0.1) is 0 Å². The van der Waals surface area contributed by atoms with E-state index in [9.17, 15) is 0 Å². The fourth-order valence-electron chi connectivity index (χ4n) is 1.80. The smallest absolute Gasteiger partial charge is 0.107 e. The van der Waals surface area contributed by atoms with Crippen molar-refractivity contribution >= 4 is 0 Å². The topological polar surface area (TPSA) is 62.5 Å². The molecule has 0 bridgehead atoms. The third-order valence-corrected chi connectivity index (χ3v) is 2.58. The molecule has 0 spiro atoms. The van der Waals surface area contributed by atoms with Gasteiger partial charge < -0.3 is 14.6 Å². The Hall–Kier alpha value is -0.630. The molecule has 0 saturated carbocycles. The van der Waals surface area contributed by atoms with Gasteiger partial charge in [0.05, 0.1) is 24.9 Å². The summed E-state index contributed by atoms with van der Waals surface area (Å²) in [5.74, 6) is 0. The van der Waals surface area contributed by atoms with E-state index >= 15 is 0 Å². The van der Waals surface area contributed by atoms with Crippen molar-refractivity contribution in [1.82, 2.24) is 0 Å². The number of aliphatic hydroxyl groups is 1. The zero-order chi connectivity index (χ0) is 11.1. The van der Waals surface area contributed by atoms with Gasteiger partial charge in [0, 0.05) is 19.4 Å². The summed E-state index contributed by atoms with van der Waals surface area (Å²) in [5.41, 5.74) is 0. The number of ether oxygens (including phenoxy) is 2. The number of hydrogen-bond acceptors (Lipinski definition) is 4. The van der Waals surface area contributed by atoms with Crippen molar-refractivity contribution in [2.75, 3.05) is 13.2 Å². The zero-order valence-corrected chi connectivity index (χ0v) is 9.19. The summed E-state index contributed by atoms with van der Waals surface area (Å²) >= 11 is 0.